The molecule has 0 aromatic heterocycles. The lowest BCUT2D eigenvalue weighted by atomic mass is 10.2. The first-order chi connectivity index (χ1) is 12.3. The average Bonchev–Trinajstić information content (AvgIpc) is 2.61. The molecule has 0 atom stereocenters. The fraction of sp³-hybridized carbons (Fsp3) is 0.263. The van der Waals surface area contributed by atoms with Gasteiger partial charge in [0.05, 0.1) is 10.6 Å². The third-order valence-corrected chi connectivity index (χ3v) is 5.43. The standard InChI is InChI=1S/C19H21NO5S/c1-2-11-20(13-18(21)22)19(23)16-9-6-10-17(12-16)26(24,25)14-15-7-4-3-5-8-15/h3-10,12H,2,11,13-14H2,1H3,(H,21,22). The summed E-state index contributed by atoms with van der Waals surface area (Å²) < 4.78 is 25.3. The molecule has 2 aromatic carbocycles. The Hall–Kier alpha value is -2.67. The van der Waals surface area contributed by atoms with Crippen LogP contribution in [0.5, 0.6) is 0 Å². The zero-order valence-electron chi connectivity index (χ0n) is 14.5. The van der Waals surface area contributed by atoms with E-state index in [-0.39, 0.29) is 22.8 Å². The summed E-state index contributed by atoms with van der Waals surface area (Å²) in [6, 6.07) is 14.5. The first-order valence-corrected chi connectivity index (χ1v) is 9.86. The zero-order valence-corrected chi connectivity index (χ0v) is 15.3. The number of carbonyl (C=O) groups excluding carboxylic acids is 1. The minimum Gasteiger partial charge on any atom is -0.480 e. The molecule has 0 aliphatic rings. The predicted octanol–water partition coefficient (Wildman–Crippen LogP) is 2.60. The molecule has 2 rings (SSSR count). The van der Waals surface area contributed by atoms with Crippen molar-refractivity contribution in [3.8, 4) is 0 Å². The van der Waals surface area contributed by atoms with Crippen LogP contribution in [0.2, 0.25) is 0 Å². The van der Waals surface area contributed by atoms with Crippen molar-refractivity contribution in [2.24, 2.45) is 0 Å². The van der Waals surface area contributed by atoms with Gasteiger partial charge in [-0.15, -0.1) is 0 Å². The second-order valence-electron chi connectivity index (χ2n) is 5.89. The number of rotatable bonds is 8. The van der Waals surface area contributed by atoms with E-state index in [2.05, 4.69) is 0 Å². The summed E-state index contributed by atoms with van der Waals surface area (Å²) in [6.07, 6.45) is 0.602. The summed E-state index contributed by atoms with van der Waals surface area (Å²) in [6.45, 7) is 1.70. The molecule has 0 spiro atoms. The van der Waals surface area contributed by atoms with Crippen molar-refractivity contribution in [1.82, 2.24) is 4.90 Å². The Balaban J connectivity index is 2.28. The summed E-state index contributed by atoms with van der Waals surface area (Å²) in [5.74, 6) is -1.77. The number of amides is 1. The molecule has 26 heavy (non-hydrogen) atoms. The van der Waals surface area contributed by atoms with Crippen LogP contribution in [0.25, 0.3) is 0 Å². The average molecular weight is 375 g/mol. The number of hydrogen-bond acceptors (Lipinski definition) is 4. The molecule has 0 saturated heterocycles. The molecule has 0 saturated carbocycles. The maximum atomic E-state index is 12.6. The van der Waals surface area contributed by atoms with Crippen molar-refractivity contribution in [1.29, 1.82) is 0 Å². The van der Waals surface area contributed by atoms with Gasteiger partial charge in [-0.3, -0.25) is 9.59 Å². The van der Waals surface area contributed by atoms with E-state index in [4.69, 9.17) is 5.11 Å². The van der Waals surface area contributed by atoms with Gasteiger partial charge in [0.2, 0.25) is 0 Å². The molecular formula is C19H21NO5S. The maximum absolute atomic E-state index is 12.6. The third-order valence-electron chi connectivity index (χ3n) is 3.75. The Morgan fingerprint density at radius 1 is 1.04 bits per heavy atom. The lowest BCUT2D eigenvalue weighted by Gasteiger charge is -2.20. The quantitative estimate of drug-likeness (QED) is 0.766. The van der Waals surface area contributed by atoms with Crippen molar-refractivity contribution in [2.75, 3.05) is 13.1 Å². The van der Waals surface area contributed by atoms with Gasteiger partial charge in [0.15, 0.2) is 9.84 Å². The molecule has 1 N–H and O–H groups in total. The molecule has 0 radical (unpaired) electrons. The Kier molecular flexibility index (Phi) is 6.52. The zero-order chi connectivity index (χ0) is 19.2. The molecule has 2 aromatic rings. The largest absolute Gasteiger partial charge is 0.480 e. The van der Waals surface area contributed by atoms with Gasteiger partial charge in [-0.25, -0.2) is 8.42 Å². The van der Waals surface area contributed by atoms with Gasteiger partial charge < -0.3 is 10.0 Å². The second kappa shape index (κ2) is 8.62. The van der Waals surface area contributed by atoms with Crippen LogP contribution in [0.4, 0.5) is 0 Å². The van der Waals surface area contributed by atoms with Gasteiger partial charge >= 0.3 is 5.97 Å². The lowest BCUT2D eigenvalue weighted by molar-refractivity contribution is -0.137. The molecular weight excluding hydrogens is 354 g/mol. The van der Waals surface area contributed by atoms with Crippen LogP contribution >= 0.6 is 0 Å². The third kappa shape index (κ3) is 5.16. The van der Waals surface area contributed by atoms with Crippen LogP contribution in [0.3, 0.4) is 0 Å². The Bertz CT molecular complexity index is 878. The van der Waals surface area contributed by atoms with Crippen molar-refractivity contribution in [3.05, 3.63) is 65.7 Å². The number of nitrogens with zero attached hydrogens (tertiary/aromatic N) is 1. The molecule has 138 valence electrons. The smallest absolute Gasteiger partial charge is 0.323 e. The number of sulfone groups is 1. The summed E-state index contributed by atoms with van der Waals surface area (Å²) in [5.41, 5.74) is 0.816. The van der Waals surface area contributed by atoms with Crippen LogP contribution in [0.1, 0.15) is 29.3 Å². The number of carboxylic acid groups (broad SMARTS) is 1. The van der Waals surface area contributed by atoms with Crippen LogP contribution in [-0.2, 0) is 20.4 Å². The van der Waals surface area contributed by atoms with Gasteiger partial charge in [0, 0.05) is 12.1 Å². The first-order valence-electron chi connectivity index (χ1n) is 8.21. The molecule has 0 aliphatic heterocycles. The monoisotopic (exact) mass is 375 g/mol. The lowest BCUT2D eigenvalue weighted by Crippen LogP contribution is -2.36. The fourth-order valence-corrected chi connectivity index (χ4v) is 3.96. The fourth-order valence-electron chi connectivity index (χ4n) is 2.57. The van der Waals surface area contributed by atoms with Crippen molar-refractivity contribution >= 4 is 21.7 Å². The number of benzene rings is 2. The number of hydrogen-bond donors (Lipinski definition) is 1. The van der Waals surface area contributed by atoms with Gasteiger partial charge in [-0.05, 0) is 30.2 Å². The first kappa shape index (κ1) is 19.7. The normalized spacial score (nSPS) is 11.1. The summed E-state index contributed by atoms with van der Waals surface area (Å²) >= 11 is 0. The predicted molar refractivity (Wildman–Crippen MR) is 97.6 cm³/mol. The Morgan fingerprint density at radius 2 is 1.73 bits per heavy atom. The summed E-state index contributed by atoms with van der Waals surface area (Å²) in [7, 11) is -3.62. The van der Waals surface area contributed by atoms with E-state index in [0.717, 1.165) is 0 Å². The molecule has 0 unspecified atom stereocenters. The minimum absolute atomic E-state index is 0.0407. The highest BCUT2D eigenvalue weighted by Gasteiger charge is 2.21. The molecule has 0 bridgehead atoms. The van der Waals surface area contributed by atoms with Gasteiger partial charge in [0.25, 0.3) is 5.91 Å². The Morgan fingerprint density at radius 3 is 2.35 bits per heavy atom. The van der Waals surface area contributed by atoms with Gasteiger partial charge in [0.1, 0.15) is 6.54 Å². The maximum Gasteiger partial charge on any atom is 0.323 e. The molecule has 0 aliphatic carbocycles. The molecule has 7 heteroatoms. The van der Waals surface area contributed by atoms with Crippen LogP contribution in [0, 0.1) is 0 Å². The highest BCUT2D eigenvalue weighted by Crippen LogP contribution is 2.19. The molecule has 1 amide bonds. The van der Waals surface area contributed by atoms with E-state index < -0.39 is 28.3 Å². The summed E-state index contributed by atoms with van der Waals surface area (Å²) in [5, 5.41) is 8.96. The van der Waals surface area contributed by atoms with E-state index in [9.17, 15) is 18.0 Å². The van der Waals surface area contributed by atoms with Gasteiger partial charge in [-0.1, -0.05) is 43.3 Å². The van der Waals surface area contributed by atoms with E-state index in [1.165, 1.54) is 29.2 Å². The van der Waals surface area contributed by atoms with Crippen LogP contribution in [0.15, 0.2) is 59.5 Å². The number of aliphatic carboxylic acids is 1. The Labute approximate surface area is 153 Å². The minimum atomic E-state index is -3.62. The molecule has 6 nitrogen and oxygen atoms in total. The highest BCUT2D eigenvalue weighted by atomic mass is 32.2. The molecule has 0 heterocycles. The van der Waals surface area contributed by atoms with Crippen LogP contribution in [-0.4, -0.2) is 43.4 Å². The van der Waals surface area contributed by atoms with Crippen molar-refractivity contribution in [3.63, 3.8) is 0 Å². The van der Waals surface area contributed by atoms with E-state index in [1.807, 2.05) is 6.92 Å². The number of carbonyl (C=O) groups is 2. The van der Waals surface area contributed by atoms with E-state index in [1.54, 1.807) is 30.3 Å². The van der Waals surface area contributed by atoms with Crippen LogP contribution < -0.4 is 0 Å². The highest BCUT2D eigenvalue weighted by molar-refractivity contribution is 7.90. The number of carboxylic acids is 1. The van der Waals surface area contributed by atoms with E-state index in [0.29, 0.717) is 12.0 Å². The second-order valence-corrected chi connectivity index (χ2v) is 7.88. The molecule has 0 fully saturated rings. The topological polar surface area (TPSA) is 91.8 Å². The van der Waals surface area contributed by atoms with Crippen molar-refractivity contribution < 1.29 is 23.1 Å². The SMILES string of the molecule is CCCN(CC(=O)O)C(=O)c1cccc(S(=O)(=O)Cc2ccccc2)c1. The van der Waals surface area contributed by atoms with Crippen molar-refractivity contribution in [2.45, 2.75) is 24.0 Å². The van der Waals surface area contributed by atoms with Gasteiger partial charge in [-0.2, -0.15) is 0 Å². The summed E-state index contributed by atoms with van der Waals surface area (Å²) in [4.78, 5) is 24.8. The van der Waals surface area contributed by atoms with E-state index >= 15 is 0 Å².